The number of halogens is 1. The van der Waals surface area contributed by atoms with E-state index in [-0.39, 0.29) is 0 Å². The van der Waals surface area contributed by atoms with Crippen LogP contribution in [0.5, 0.6) is 0 Å². The molecule has 0 spiro atoms. The zero-order chi connectivity index (χ0) is 12.3. The van der Waals surface area contributed by atoms with Gasteiger partial charge in [0.2, 0.25) is 0 Å². The van der Waals surface area contributed by atoms with Gasteiger partial charge in [0, 0.05) is 17.6 Å². The lowest BCUT2D eigenvalue weighted by Crippen LogP contribution is -2.39. The van der Waals surface area contributed by atoms with Gasteiger partial charge in [-0.3, -0.25) is 4.90 Å². The topological polar surface area (TPSA) is 29.3 Å². The number of nitrogens with two attached hydrogens (primary N) is 1. The van der Waals surface area contributed by atoms with Crippen LogP contribution in [0, 0.1) is 5.92 Å². The van der Waals surface area contributed by atoms with Crippen LogP contribution in [0.1, 0.15) is 25.3 Å². The van der Waals surface area contributed by atoms with Gasteiger partial charge >= 0.3 is 0 Å². The molecule has 0 amide bonds. The van der Waals surface area contributed by atoms with Crippen molar-refractivity contribution in [1.82, 2.24) is 4.90 Å². The number of nitrogens with zero attached hydrogens (tertiary/aromatic N) is 1. The fraction of sp³-hybridized carbons (Fsp3) is 0.571. The van der Waals surface area contributed by atoms with Gasteiger partial charge in [0.1, 0.15) is 0 Å². The molecule has 0 radical (unpaired) electrons. The summed E-state index contributed by atoms with van der Waals surface area (Å²) in [6.45, 7) is 5.48. The molecule has 2 nitrogen and oxygen atoms in total. The molecule has 2 N–H and O–H groups in total. The van der Waals surface area contributed by atoms with Crippen molar-refractivity contribution in [2.45, 2.75) is 32.4 Å². The second-order valence-electron chi connectivity index (χ2n) is 5.10. The first-order valence-electron chi connectivity index (χ1n) is 6.37. The van der Waals surface area contributed by atoms with Crippen LogP contribution < -0.4 is 5.73 Å². The number of piperidine rings is 1. The number of rotatable bonds is 3. The summed E-state index contributed by atoms with van der Waals surface area (Å²) >= 11 is 5.88. The third kappa shape index (κ3) is 3.70. The van der Waals surface area contributed by atoms with E-state index >= 15 is 0 Å². The predicted octanol–water partition coefficient (Wildman–Crippen LogP) is 2.90. The molecule has 3 heteroatoms. The second-order valence-corrected chi connectivity index (χ2v) is 5.54. The summed E-state index contributed by atoms with van der Waals surface area (Å²) in [5, 5.41) is 0.810. The average Bonchev–Trinajstić information content (AvgIpc) is 2.33. The average molecular weight is 253 g/mol. The Balaban J connectivity index is 1.84. The Hall–Kier alpha value is -0.570. The van der Waals surface area contributed by atoms with Crippen molar-refractivity contribution in [2.24, 2.45) is 11.7 Å². The second kappa shape index (κ2) is 5.85. The molecule has 1 fully saturated rings. The smallest absolute Gasteiger partial charge is 0.0406 e. The molecule has 1 aliphatic heterocycles. The zero-order valence-electron chi connectivity index (χ0n) is 10.4. The summed E-state index contributed by atoms with van der Waals surface area (Å²) in [6, 6.07) is 8.49. The SMILES string of the molecule is CC(N)C1CCN(Cc2ccc(Cl)cc2)CC1. The molecule has 0 bridgehead atoms. The van der Waals surface area contributed by atoms with Crippen molar-refractivity contribution in [3.05, 3.63) is 34.9 Å². The molecule has 17 heavy (non-hydrogen) atoms. The van der Waals surface area contributed by atoms with Crippen LogP contribution in [0.2, 0.25) is 5.02 Å². The number of hydrogen-bond acceptors (Lipinski definition) is 2. The van der Waals surface area contributed by atoms with Gasteiger partial charge < -0.3 is 5.73 Å². The van der Waals surface area contributed by atoms with Crippen molar-refractivity contribution >= 4 is 11.6 Å². The minimum atomic E-state index is 0.340. The van der Waals surface area contributed by atoms with Gasteiger partial charge in [-0.05, 0) is 56.5 Å². The maximum absolute atomic E-state index is 5.95. The monoisotopic (exact) mass is 252 g/mol. The minimum Gasteiger partial charge on any atom is -0.328 e. The highest BCUT2D eigenvalue weighted by molar-refractivity contribution is 6.30. The molecular weight excluding hydrogens is 232 g/mol. The van der Waals surface area contributed by atoms with Gasteiger partial charge in [0.05, 0.1) is 0 Å². The molecule has 0 saturated carbocycles. The van der Waals surface area contributed by atoms with E-state index in [0.717, 1.165) is 24.7 Å². The lowest BCUT2D eigenvalue weighted by molar-refractivity contribution is 0.166. The molecule has 1 aliphatic rings. The Bertz CT molecular complexity index is 340. The first-order valence-corrected chi connectivity index (χ1v) is 6.75. The summed E-state index contributed by atoms with van der Waals surface area (Å²) in [5.74, 6) is 0.705. The van der Waals surface area contributed by atoms with Gasteiger partial charge in [-0.1, -0.05) is 23.7 Å². The molecule has 0 aromatic heterocycles. The molecular formula is C14H21ClN2. The van der Waals surface area contributed by atoms with Gasteiger partial charge in [-0.2, -0.15) is 0 Å². The standard InChI is InChI=1S/C14H21ClN2/c1-11(16)13-6-8-17(9-7-13)10-12-2-4-14(15)5-3-12/h2-5,11,13H,6-10,16H2,1H3. The third-order valence-corrected chi connectivity index (χ3v) is 3.95. The van der Waals surface area contributed by atoms with Gasteiger partial charge in [0.25, 0.3) is 0 Å². The first-order chi connectivity index (χ1) is 8.15. The van der Waals surface area contributed by atoms with E-state index in [2.05, 4.69) is 24.0 Å². The van der Waals surface area contributed by atoms with E-state index in [4.69, 9.17) is 17.3 Å². The van der Waals surface area contributed by atoms with Crippen LogP contribution in [0.15, 0.2) is 24.3 Å². The lowest BCUT2D eigenvalue weighted by Gasteiger charge is -2.33. The van der Waals surface area contributed by atoms with Gasteiger partial charge in [-0.25, -0.2) is 0 Å². The Kier molecular flexibility index (Phi) is 4.43. The molecule has 0 aliphatic carbocycles. The van der Waals surface area contributed by atoms with Crippen LogP contribution in [-0.4, -0.2) is 24.0 Å². The van der Waals surface area contributed by atoms with Crippen LogP contribution in [0.25, 0.3) is 0 Å². The molecule has 1 heterocycles. The summed E-state index contributed by atoms with van der Waals surface area (Å²) in [6.07, 6.45) is 2.45. The van der Waals surface area contributed by atoms with Gasteiger partial charge in [-0.15, -0.1) is 0 Å². The Morgan fingerprint density at radius 1 is 1.29 bits per heavy atom. The normalized spacial score (nSPS) is 20.4. The third-order valence-electron chi connectivity index (χ3n) is 3.70. The summed E-state index contributed by atoms with van der Waals surface area (Å²) in [7, 11) is 0. The van der Waals surface area contributed by atoms with Crippen molar-refractivity contribution in [1.29, 1.82) is 0 Å². The highest BCUT2D eigenvalue weighted by Gasteiger charge is 2.21. The van der Waals surface area contributed by atoms with Crippen molar-refractivity contribution in [3.63, 3.8) is 0 Å². The fourth-order valence-corrected chi connectivity index (χ4v) is 2.61. The van der Waals surface area contributed by atoms with Crippen LogP contribution >= 0.6 is 11.6 Å². The van der Waals surface area contributed by atoms with Crippen LogP contribution in [-0.2, 0) is 6.54 Å². The van der Waals surface area contributed by atoms with E-state index < -0.39 is 0 Å². The number of benzene rings is 1. The quantitative estimate of drug-likeness (QED) is 0.896. The van der Waals surface area contributed by atoms with Gasteiger partial charge in [0.15, 0.2) is 0 Å². The molecule has 1 aromatic carbocycles. The summed E-state index contributed by atoms with van der Waals surface area (Å²) in [4.78, 5) is 2.50. The molecule has 1 aromatic rings. The number of hydrogen-bond donors (Lipinski definition) is 1. The van der Waals surface area contributed by atoms with Crippen molar-refractivity contribution in [3.8, 4) is 0 Å². The van der Waals surface area contributed by atoms with Crippen molar-refractivity contribution in [2.75, 3.05) is 13.1 Å². The summed E-state index contributed by atoms with van der Waals surface area (Å²) in [5.41, 5.74) is 7.29. The van der Waals surface area contributed by atoms with Crippen molar-refractivity contribution < 1.29 is 0 Å². The Morgan fingerprint density at radius 3 is 2.41 bits per heavy atom. The van der Waals surface area contributed by atoms with E-state index in [1.165, 1.54) is 18.4 Å². The largest absolute Gasteiger partial charge is 0.328 e. The minimum absolute atomic E-state index is 0.340. The molecule has 1 unspecified atom stereocenters. The van der Waals surface area contributed by atoms with Crippen LogP contribution in [0.4, 0.5) is 0 Å². The number of likely N-dealkylation sites (tertiary alicyclic amines) is 1. The Morgan fingerprint density at radius 2 is 1.88 bits per heavy atom. The van der Waals surface area contributed by atoms with E-state index in [1.54, 1.807) is 0 Å². The lowest BCUT2D eigenvalue weighted by atomic mass is 9.91. The maximum Gasteiger partial charge on any atom is 0.0406 e. The fourth-order valence-electron chi connectivity index (χ4n) is 2.48. The molecule has 1 atom stereocenters. The Labute approximate surface area is 109 Å². The highest BCUT2D eigenvalue weighted by Crippen LogP contribution is 2.21. The highest BCUT2D eigenvalue weighted by atomic mass is 35.5. The predicted molar refractivity (Wildman–Crippen MR) is 73.1 cm³/mol. The van der Waals surface area contributed by atoms with E-state index in [1.807, 2.05) is 12.1 Å². The molecule has 2 rings (SSSR count). The van der Waals surface area contributed by atoms with Crippen LogP contribution in [0.3, 0.4) is 0 Å². The first kappa shape index (κ1) is 12.9. The van der Waals surface area contributed by atoms with E-state index in [0.29, 0.717) is 12.0 Å². The summed E-state index contributed by atoms with van der Waals surface area (Å²) < 4.78 is 0. The van der Waals surface area contributed by atoms with E-state index in [9.17, 15) is 0 Å². The molecule has 1 saturated heterocycles. The zero-order valence-corrected chi connectivity index (χ0v) is 11.2. The molecule has 94 valence electrons. The maximum atomic E-state index is 5.95.